The number of anilines is 1. The molecule has 3 rings (SSSR count). The summed E-state index contributed by atoms with van der Waals surface area (Å²) >= 11 is 6.19. The van der Waals surface area contributed by atoms with Gasteiger partial charge < -0.3 is 14.8 Å². The van der Waals surface area contributed by atoms with E-state index in [-0.39, 0.29) is 5.91 Å². The minimum atomic E-state index is -0.113. The Morgan fingerprint density at radius 2 is 2.00 bits per heavy atom. The number of halogens is 1. The minimum Gasteiger partial charge on any atom is -0.490 e. The zero-order valence-corrected chi connectivity index (χ0v) is 16.8. The summed E-state index contributed by atoms with van der Waals surface area (Å²) in [6.07, 6.45) is 0.911. The standard InChI is InChI=1S/C20H22ClN5O3/c1-28-12-13-29-18-10-9-16(14-17(18)21)22-19(27)8-5-11-26-24-20(23-25-26)15-6-3-2-4-7-15/h2-4,6-7,9-10,14H,5,8,11-13H2,1H3,(H,22,27). The molecule has 0 saturated heterocycles. The van der Waals surface area contributed by atoms with Crippen LogP contribution in [0.5, 0.6) is 5.75 Å². The van der Waals surface area contributed by atoms with Crippen molar-refractivity contribution in [2.45, 2.75) is 19.4 Å². The van der Waals surface area contributed by atoms with Gasteiger partial charge in [0.15, 0.2) is 0 Å². The molecule has 152 valence electrons. The Hall–Kier alpha value is -2.97. The minimum absolute atomic E-state index is 0.113. The quantitative estimate of drug-likeness (QED) is 0.510. The molecule has 1 heterocycles. The van der Waals surface area contributed by atoms with Gasteiger partial charge >= 0.3 is 0 Å². The van der Waals surface area contributed by atoms with Crippen molar-refractivity contribution in [3.05, 3.63) is 53.6 Å². The number of carbonyl (C=O) groups excluding carboxylic acids is 1. The van der Waals surface area contributed by atoms with Crippen LogP contribution in [0.1, 0.15) is 12.8 Å². The molecule has 0 atom stereocenters. The number of carbonyl (C=O) groups is 1. The van der Waals surface area contributed by atoms with Crippen molar-refractivity contribution < 1.29 is 14.3 Å². The first-order valence-electron chi connectivity index (χ1n) is 9.20. The molecule has 1 N–H and O–H groups in total. The number of hydrogen-bond donors (Lipinski definition) is 1. The van der Waals surface area contributed by atoms with Crippen molar-refractivity contribution in [1.29, 1.82) is 0 Å². The molecule has 29 heavy (non-hydrogen) atoms. The summed E-state index contributed by atoms with van der Waals surface area (Å²) in [4.78, 5) is 13.7. The van der Waals surface area contributed by atoms with E-state index in [2.05, 4.69) is 20.7 Å². The number of hydrogen-bond acceptors (Lipinski definition) is 6. The second-order valence-corrected chi connectivity index (χ2v) is 6.62. The molecular weight excluding hydrogens is 394 g/mol. The van der Waals surface area contributed by atoms with Gasteiger partial charge in [-0.3, -0.25) is 4.79 Å². The lowest BCUT2D eigenvalue weighted by molar-refractivity contribution is -0.116. The Labute approximate surface area is 173 Å². The Bertz CT molecular complexity index is 933. The molecule has 9 heteroatoms. The number of ether oxygens (including phenoxy) is 2. The number of methoxy groups -OCH3 is 1. The Kier molecular flexibility index (Phi) is 7.54. The van der Waals surface area contributed by atoms with Crippen molar-refractivity contribution >= 4 is 23.2 Å². The largest absolute Gasteiger partial charge is 0.490 e. The Morgan fingerprint density at radius 3 is 2.76 bits per heavy atom. The van der Waals surface area contributed by atoms with E-state index in [4.69, 9.17) is 21.1 Å². The Balaban J connectivity index is 1.44. The van der Waals surface area contributed by atoms with Gasteiger partial charge in [-0.05, 0) is 29.8 Å². The average molecular weight is 416 g/mol. The molecule has 0 bridgehead atoms. The smallest absolute Gasteiger partial charge is 0.224 e. The van der Waals surface area contributed by atoms with Gasteiger partial charge in [0.25, 0.3) is 0 Å². The van der Waals surface area contributed by atoms with Crippen LogP contribution in [0.15, 0.2) is 48.5 Å². The molecule has 0 aliphatic rings. The van der Waals surface area contributed by atoms with Crippen molar-refractivity contribution in [2.75, 3.05) is 25.6 Å². The summed E-state index contributed by atoms with van der Waals surface area (Å²) in [6.45, 7) is 1.38. The SMILES string of the molecule is COCCOc1ccc(NC(=O)CCCn2nnc(-c3ccccc3)n2)cc1Cl. The lowest BCUT2D eigenvalue weighted by atomic mass is 10.2. The van der Waals surface area contributed by atoms with Crippen LogP contribution < -0.4 is 10.1 Å². The van der Waals surface area contributed by atoms with Crippen molar-refractivity contribution in [3.63, 3.8) is 0 Å². The summed E-state index contributed by atoms with van der Waals surface area (Å²) in [5.41, 5.74) is 1.52. The fraction of sp³-hybridized carbons (Fsp3) is 0.300. The molecule has 2 aromatic carbocycles. The number of amides is 1. The number of aryl methyl sites for hydroxylation is 1. The average Bonchev–Trinajstić information content (AvgIpc) is 3.19. The van der Waals surface area contributed by atoms with Crippen LogP contribution in [-0.4, -0.2) is 46.4 Å². The van der Waals surface area contributed by atoms with E-state index in [0.717, 1.165) is 5.56 Å². The number of tetrazole rings is 1. The van der Waals surface area contributed by atoms with Crippen LogP contribution >= 0.6 is 11.6 Å². The second-order valence-electron chi connectivity index (χ2n) is 6.21. The van der Waals surface area contributed by atoms with E-state index in [0.29, 0.717) is 54.9 Å². The number of rotatable bonds is 10. The highest BCUT2D eigenvalue weighted by molar-refractivity contribution is 6.32. The summed E-state index contributed by atoms with van der Waals surface area (Å²) < 4.78 is 10.4. The van der Waals surface area contributed by atoms with E-state index in [1.807, 2.05) is 30.3 Å². The third kappa shape index (κ3) is 6.27. The number of nitrogens with one attached hydrogen (secondary N) is 1. The lowest BCUT2D eigenvalue weighted by Crippen LogP contribution is -2.13. The fourth-order valence-corrected chi connectivity index (χ4v) is 2.81. The highest BCUT2D eigenvalue weighted by Gasteiger charge is 2.08. The summed E-state index contributed by atoms with van der Waals surface area (Å²) in [5.74, 6) is 1.00. The monoisotopic (exact) mass is 415 g/mol. The molecule has 0 aliphatic heterocycles. The van der Waals surface area contributed by atoms with E-state index in [9.17, 15) is 4.79 Å². The maximum Gasteiger partial charge on any atom is 0.224 e. The molecular formula is C20H22ClN5O3. The zero-order chi connectivity index (χ0) is 20.5. The molecule has 0 fully saturated rings. The predicted octanol–water partition coefficient (Wildman–Crippen LogP) is 3.44. The lowest BCUT2D eigenvalue weighted by Gasteiger charge is -2.10. The fourth-order valence-electron chi connectivity index (χ4n) is 2.58. The first-order valence-corrected chi connectivity index (χ1v) is 9.58. The van der Waals surface area contributed by atoms with Gasteiger partial charge in [-0.15, -0.1) is 10.2 Å². The topological polar surface area (TPSA) is 91.2 Å². The van der Waals surface area contributed by atoms with E-state index in [1.165, 1.54) is 4.80 Å². The number of benzene rings is 2. The molecule has 0 aliphatic carbocycles. The maximum absolute atomic E-state index is 12.2. The van der Waals surface area contributed by atoms with Gasteiger partial charge in [-0.2, -0.15) is 4.80 Å². The molecule has 0 saturated carbocycles. The van der Waals surface area contributed by atoms with Crippen LogP contribution in [-0.2, 0) is 16.1 Å². The van der Waals surface area contributed by atoms with Crippen molar-refractivity contribution in [3.8, 4) is 17.1 Å². The first kappa shape index (κ1) is 20.8. The third-order valence-corrected chi connectivity index (χ3v) is 4.30. The number of nitrogens with zero attached hydrogens (tertiary/aromatic N) is 4. The molecule has 0 radical (unpaired) electrons. The van der Waals surface area contributed by atoms with Gasteiger partial charge in [0.05, 0.1) is 18.2 Å². The van der Waals surface area contributed by atoms with Gasteiger partial charge in [0.1, 0.15) is 12.4 Å². The molecule has 0 unspecified atom stereocenters. The predicted molar refractivity (Wildman–Crippen MR) is 110 cm³/mol. The Morgan fingerprint density at radius 1 is 1.17 bits per heavy atom. The molecule has 1 amide bonds. The van der Waals surface area contributed by atoms with Crippen molar-refractivity contribution in [1.82, 2.24) is 20.2 Å². The van der Waals surface area contributed by atoms with E-state index < -0.39 is 0 Å². The second kappa shape index (κ2) is 10.5. The maximum atomic E-state index is 12.2. The summed E-state index contributed by atoms with van der Waals surface area (Å²) in [7, 11) is 1.60. The molecule has 0 spiro atoms. The molecule has 3 aromatic rings. The van der Waals surface area contributed by atoms with Gasteiger partial charge in [-0.25, -0.2) is 0 Å². The normalized spacial score (nSPS) is 10.7. The molecule has 1 aromatic heterocycles. The van der Waals surface area contributed by atoms with Gasteiger partial charge in [0.2, 0.25) is 11.7 Å². The number of aromatic nitrogens is 4. The zero-order valence-electron chi connectivity index (χ0n) is 16.0. The molecule has 8 nitrogen and oxygen atoms in total. The van der Waals surface area contributed by atoms with Crippen LogP contribution in [0.4, 0.5) is 5.69 Å². The highest BCUT2D eigenvalue weighted by atomic mass is 35.5. The summed E-state index contributed by atoms with van der Waals surface area (Å²) in [6, 6.07) is 14.8. The van der Waals surface area contributed by atoms with E-state index in [1.54, 1.807) is 25.3 Å². The van der Waals surface area contributed by atoms with Crippen LogP contribution in [0, 0.1) is 0 Å². The third-order valence-electron chi connectivity index (χ3n) is 4.01. The van der Waals surface area contributed by atoms with Crippen LogP contribution in [0.3, 0.4) is 0 Å². The van der Waals surface area contributed by atoms with E-state index >= 15 is 0 Å². The van der Waals surface area contributed by atoms with Gasteiger partial charge in [0, 0.05) is 24.8 Å². The first-order chi connectivity index (χ1) is 14.2. The van der Waals surface area contributed by atoms with Gasteiger partial charge in [-0.1, -0.05) is 41.9 Å². The summed E-state index contributed by atoms with van der Waals surface area (Å²) in [5, 5.41) is 15.7. The van der Waals surface area contributed by atoms with Crippen LogP contribution in [0.25, 0.3) is 11.4 Å². The van der Waals surface area contributed by atoms with Crippen LogP contribution in [0.2, 0.25) is 5.02 Å². The van der Waals surface area contributed by atoms with Crippen molar-refractivity contribution in [2.24, 2.45) is 0 Å². The highest BCUT2D eigenvalue weighted by Crippen LogP contribution is 2.27.